The van der Waals surface area contributed by atoms with Gasteiger partial charge >= 0.3 is 5.97 Å². The highest BCUT2D eigenvalue weighted by atomic mass is 16.5. The monoisotopic (exact) mass is 357 g/mol. The number of carbonyl (C=O) groups excluding carboxylic acids is 1. The maximum absolute atomic E-state index is 12.8. The second-order valence-electron chi connectivity index (χ2n) is 6.73. The number of rotatable bonds is 4. The van der Waals surface area contributed by atoms with Crippen LogP contribution in [0.25, 0.3) is 0 Å². The average molecular weight is 357 g/mol. The van der Waals surface area contributed by atoms with Gasteiger partial charge in [-0.05, 0) is 18.2 Å². The van der Waals surface area contributed by atoms with Crippen LogP contribution in [0.5, 0.6) is 5.75 Å². The van der Waals surface area contributed by atoms with Crippen molar-refractivity contribution in [1.29, 1.82) is 0 Å². The van der Waals surface area contributed by atoms with Crippen LogP contribution >= 0.6 is 0 Å². The first-order valence-electron chi connectivity index (χ1n) is 8.37. The van der Waals surface area contributed by atoms with E-state index in [2.05, 4.69) is 0 Å². The van der Waals surface area contributed by atoms with Crippen molar-refractivity contribution >= 4 is 11.9 Å². The summed E-state index contributed by atoms with van der Waals surface area (Å²) in [4.78, 5) is 26.5. The van der Waals surface area contributed by atoms with Crippen molar-refractivity contribution in [2.24, 2.45) is 5.41 Å². The number of aliphatic carboxylic acids is 1. The molecule has 0 radical (unpaired) electrons. The Morgan fingerprint density at radius 1 is 1.31 bits per heavy atom. The van der Waals surface area contributed by atoms with Gasteiger partial charge in [-0.3, -0.25) is 9.59 Å². The van der Waals surface area contributed by atoms with Crippen molar-refractivity contribution in [3.8, 4) is 5.75 Å². The van der Waals surface area contributed by atoms with Crippen LogP contribution < -0.4 is 4.74 Å². The Morgan fingerprint density at radius 2 is 2.12 bits per heavy atom. The lowest BCUT2D eigenvalue weighted by Crippen LogP contribution is -2.46. The summed E-state index contributed by atoms with van der Waals surface area (Å²) in [6.45, 7) is 0.712. The minimum atomic E-state index is -1.15. The van der Waals surface area contributed by atoms with Crippen LogP contribution in [0, 0.1) is 5.41 Å². The fraction of sp³-hybridized carbons (Fsp3) is 0.368. The number of likely N-dealkylation sites (tertiary alicyclic amines) is 1. The molecule has 7 nitrogen and oxygen atoms in total. The lowest BCUT2D eigenvalue weighted by molar-refractivity contribution is -0.151. The second kappa shape index (κ2) is 6.17. The third kappa shape index (κ3) is 2.47. The third-order valence-electron chi connectivity index (χ3n) is 5.19. The van der Waals surface area contributed by atoms with E-state index in [9.17, 15) is 14.7 Å². The molecule has 0 aliphatic carbocycles. The molecule has 26 heavy (non-hydrogen) atoms. The number of hydrogen-bond donors (Lipinski definition) is 1. The molecule has 4 rings (SSSR count). The summed E-state index contributed by atoms with van der Waals surface area (Å²) in [6, 6.07) is 10.7. The molecule has 2 aromatic rings. The summed E-state index contributed by atoms with van der Waals surface area (Å²) in [5.41, 5.74) is -0.317. The van der Waals surface area contributed by atoms with Gasteiger partial charge in [-0.15, -0.1) is 0 Å². The molecule has 1 amide bonds. The standard InChI is InChI=1S/C19H19NO6/c1-24-9-12-6-7-16(26-12)17(21)20-8-14-13-4-2-3-5-15(13)25-11-19(14,10-20)18(22)23/h2-7,14H,8-11H2,1H3,(H,22,23)/t14-,19-/m1/s1. The predicted octanol–water partition coefficient (Wildman–Crippen LogP) is 2.13. The number of carboxylic acid groups (broad SMARTS) is 1. The Balaban J connectivity index is 1.65. The van der Waals surface area contributed by atoms with Crippen LogP contribution in [0.2, 0.25) is 0 Å². The molecule has 0 unspecified atom stereocenters. The van der Waals surface area contributed by atoms with Gasteiger partial charge in [0.1, 0.15) is 30.1 Å². The summed E-state index contributed by atoms with van der Waals surface area (Å²) >= 11 is 0. The number of methoxy groups -OCH3 is 1. The van der Waals surface area contributed by atoms with Crippen LogP contribution in [0.1, 0.15) is 27.8 Å². The number of nitrogens with zero attached hydrogens (tertiary/aromatic N) is 1. The summed E-state index contributed by atoms with van der Waals surface area (Å²) in [5.74, 6) is -0.169. The van der Waals surface area contributed by atoms with Gasteiger partial charge in [0.15, 0.2) is 5.76 Å². The molecule has 0 bridgehead atoms. The van der Waals surface area contributed by atoms with Gasteiger partial charge in [0.25, 0.3) is 5.91 Å². The largest absolute Gasteiger partial charge is 0.492 e. The minimum absolute atomic E-state index is 0.0425. The van der Waals surface area contributed by atoms with E-state index in [1.54, 1.807) is 24.1 Å². The number of hydrogen-bond acceptors (Lipinski definition) is 5. The zero-order chi connectivity index (χ0) is 18.3. The normalized spacial score (nSPS) is 23.9. The number of fused-ring (bicyclic) bond motifs is 3. The molecule has 3 heterocycles. The molecule has 1 aromatic heterocycles. The topological polar surface area (TPSA) is 89.2 Å². The summed E-state index contributed by atoms with van der Waals surface area (Å²) in [5, 5.41) is 9.91. The van der Waals surface area contributed by atoms with Crippen LogP contribution in [0.15, 0.2) is 40.8 Å². The van der Waals surface area contributed by atoms with E-state index in [1.165, 1.54) is 0 Å². The number of furan rings is 1. The Hall–Kier alpha value is -2.80. The Kier molecular flexibility index (Phi) is 3.96. The zero-order valence-electron chi connectivity index (χ0n) is 14.3. The van der Waals surface area contributed by atoms with Gasteiger partial charge in [0.05, 0.1) is 0 Å². The number of carboxylic acids is 1. The highest BCUT2D eigenvalue weighted by molar-refractivity contribution is 5.93. The number of benzene rings is 1. The zero-order valence-corrected chi connectivity index (χ0v) is 14.3. The van der Waals surface area contributed by atoms with E-state index >= 15 is 0 Å². The van der Waals surface area contributed by atoms with Crippen molar-refractivity contribution < 1.29 is 28.6 Å². The lowest BCUT2D eigenvalue weighted by atomic mass is 9.73. The van der Waals surface area contributed by atoms with Crippen molar-refractivity contribution in [3.05, 3.63) is 53.5 Å². The van der Waals surface area contributed by atoms with Crippen molar-refractivity contribution in [2.75, 3.05) is 26.8 Å². The van der Waals surface area contributed by atoms with Gasteiger partial charge in [0.2, 0.25) is 0 Å². The first kappa shape index (κ1) is 16.7. The van der Waals surface area contributed by atoms with E-state index in [-0.39, 0.29) is 37.3 Å². The molecular formula is C19H19NO6. The second-order valence-corrected chi connectivity index (χ2v) is 6.73. The minimum Gasteiger partial charge on any atom is -0.492 e. The fourth-order valence-electron chi connectivity index (χ4n) is 3.86. The summed E-state index contributed by atoms with van der Waals surface area (Å²) in [6.07, 6.45) is 0. The third-order valence-corrected chi connectivity index (χ3v) is 5.19. The fourth-order valence-corrected chi connectivity index (χ4v) is 3.86. The maximum Gasteiger partial charge on any atom is 0.315 e. The van der Waals surface area contributed by atoms with E-state index in [4.69, 9.17) is 13.9 Å². The molecule has 136 valence electrons. The average Bonchev–Trinajstić information content (AvgIpc) is 3.27. The number of carbonyl (C=O) groups is 2. The molecule has 2 aliphatic heterocycles. The van der Waals surface area contributed by atoms with Crippen molar-refractivity contribution in [3.63, 3.8) is 0 Å². The molecule has 1 aromatic carbocycles. The Morgan fingerprint density at radius 3 is 2.88 bits per heavy atom. The highest BCUT2D eigenvalue weighted by Gasteiger charge is 2.57. The summed E-state index contributed by atoms with van der Waals surface area (Å²) in [7, 11) is 1.54. The quantitative estimate of drug-likeness (QED) is 0.902. The number of amides is 1. The number of ether oxygens (including phenoxy) is 2. The first-order valence-corrected chi connectivity index (χ1v) is 8.37. The van der Waals surface area contributed by atoms with Gasteiger partial charge in [0, 0.05) is 31.7 Å². The molecule has 1 saturated heterocycles. The van der Waals surface area contributed by atoms with E-state index < -0.39 is 11.4 Å². The smallest absolute Gasteiger partial charge is 0.315 e. The van der Waals surface area contributed by atoms with Crippen LogP contribution in [0.4, 0.5) is 0 Å². The van der Waals surface area contributed by atoms with Gasteiger partial charge < -0.3 is 23.9 Å². The van der Waals surface area contributed by atoms with Gasteiger partial charge in [-0.25, -0.2) is 0 Å². The van der Waals surface area contributed by atoms with Crippen LogP contribution in [-0.2, 0) is 16.1 Å². The lowest BCUT2D eigenvalue weighted by Gasteiger charge is -2.35. The van der Waals surface area contributed by atoms with Crippen LogP contribution in [-0.4, -0.2) is 48.7 Å². The highest BCUT2D eigenvalue weighted by Crippen LogP contribution is 2.49. The first-order chi connectivity index (χ1) is 12.5. The van der Waals surface area contributed by atoms with Crippen molar-refractivity contribution in [2.45, 2.75) is 12.5 Å². The Bertz CT molecular complexity index is 859. The molecule has 2 aliphatic rings. The molecule has 0 spiro atoms. The molecule has 1 fully saturated rings. The van der Waals surface area contributed by atoms with Gasteiger partial charge in [-0.2, -0.15) is 0 Å². The Labute approximate surface area is 150 Å². The molecule has 1 N–H and O–H groups in total. The van der Waals surface area contributed by atoms with E-state index in [0.29, 0.717) is 18.1 Å². The van der Waals surface area contributed by atoms with Crippen LogP contribution in [0.3, 0.4) is 0 Å². The molecular weight excluding hydrogens is 338 g/mol. The van der Waals surface area contributed by atoms with E-state index in [0.717, 1.165) is 5.56 Å². The van der Waals surface area contributed by atoms with Gasteiger partial charge in [-0.1, -0.05) is 18.2 Å². The molecule has 2 atom stereocenters. The van der Waals surface area contributed by atoms with Crippen molar-refractivity contribution in [1.82, 2.24) is 4.90 Å². The SMILES string of the molecule is COCc1ccc(C(=O)N2C[C@@H]3c4ccccc4OC[C@]3(C(=O)O)C2)o1. The molecule has 0 saturated carbocycles. The maximum atomic E-state index is 12.8. The van der Waals surface area contributed by atoms with E-state index in [1.807, 2.05) is 24.3 Å². The predicted molar refractivity (Wildman–Crippen MR) is 90.1 cm³/mol. The number of para-hydroxylation sites is 1. The molecule has 7 heteroatoms. The summed E-state index contributed by atoms with van der Waals surface area (Å²) < 4.78 is 16.2.